The lowest BCUT2D eigenvalue weighted by Gasteiger charge is -2.24. The summed E-state index contributed by atoms with van der Waals surface area (Å²) in [6.07, 6.45) is 0. The van der Waals surface area contributed by atoms with Crippen molar-refractivity contribution in [3.8, 4) is 5.75 Å². The topological polar surface area (TPSA) is 117 Å². The van der Waals surface area contributed by atoms with Crippen LogP contribution in [0.1, 0.15) is 33.7 Å². The second kappa shape index (κ2) is 6.41. The number of aromatic hydroxyl groups is 1. The molecule has 8 heteroatoms. The number of carbonyl (C=O) groups excluding carboxylic acids is 2. The fourth-order valence-electron chi connectivity index (χ4n) is 3.20. The van der Waals surface area contributed by atoms with Crippen LogP contribution in [0.4, 0.5) is 5.82 Å². The van der Waals surface area contributed by atoms with E-state index in [1.807, 2.05) is 0 Å². The van der Waals surface area contributed by atoms with Crippen LogP contribution in [0.2, 0.25) is 0 Å². The number of aryl methyl sites for hydroxylation is 2. The summed E-state index contributed by atoms with van der Waals surface area (Å²) in [6.45, 7) is 3.35. The first kappa shape index (κ1) is 17.6. The summed E-state index contributed by atoms with van der Waals surface area (Å²) in [6, 6.07) is 9.66. The van der Waals surface area contributed by atoms with Crippen LogP contribution in [-0.2, 0) is 4.79 Å². The van der Waals surface area contributed by atoms with Gasteiger partial charge in [0.1, 0.15) is 17.3 Å². The van der Waals surface area contributed by atoms with Gasteiger partial charge in [-0.3, -0.25) is 14.5 Å². The predicted molar refractivity (Wildman–Crippen MR) is 97.0 cm³/mol. The molecule has 0 aliphatic carbocycles. The molecule has 1 aromatic carbocycles. The zero-order chi connectivity index (χ0) is 20.0. The second-order valence-electron chi connectivity index (χ2n) is 6.47. The van der Waals surface area contributed by atoms with Gasteiger partial charge < -0.3 is 19.2 Å². The third-order valence-electron chi connectivity index (χ3n) is 4.49. The van der Waals surface area contributed by atoms with Gasteiger partial charge in [0.2, 0.25) is 5.78 Å². The van der Waals surface area contributed by atoms with Crippen molar-refractivity contribution in [1.82, 2.24) is 5.16 Å². The number of hydrogen-bond acceptors (Lipinski definition) is 7. The molecule has 3 heterocycles. The molecule has 8 nitrogen and oxygen atoms in total. The minimum atomic E-state index is -0.962. The minimum absolute atomic E-state index is 0.00816. The van der Waals surface area contributed by atoms with E-state index in [9.17, 15) is 19.8 Å². The molecule has 4 rings (SSSR count). The highest BCUT2D eigenvalue weighted by atomic mass is 16.5. The van der Waals surface area contributed by atoms with Crippen molar-refractivity contribution in [2.75, 3.05) is 4.90 Å². The maximum atomic E-state index is 13.1. The Morgan fingerprint density at radius 1 is 1.07 bits per heavy atom. The van der Waals surface area contributed by atoms with Crippen molar-refractivity contribution in [2.24, 2.45) is 0 Å². The van der Waals surface area contributed by atoms with Crippen molar-refractivity contribution in [3.63, 3.8) is 0 Å². The van der Waals surface area contributed by atoms with Crippen molar-refractivity contribution in [1.29, 1.82) is 0 Å². The Kier molecular flexibility index (Phi) is 4.03. The van der Waals surface area contributed by atoms with E-state index in [2.05, 4.69) is 5.16 Å². The molecular weight excluding hydrogens is 364 g/mol. The van der Waals surface area contributed by atoms with E-state index in [0.717, 1.165) is 0 Å². The summed E-state index contributed by atoms with van der Waals surface area (Å²) in [5.74, 6) is -0.888. The lowest BCUT2D eigenvalue weighted by Crippen LogP contribution is -2.31. The molecule has 0 bridgehead atoms. The van der Waals surface area contributed by atoms with E-state index in [-0.39, 0.29) is 22.9 Å². The number of amides is 1. The fraction of sp³-hybridized carbons (Fsp3) is 0.150. The maximum Gasteiger partial charge on any atom is 0.295 e. The zero-order valence-corrected chi connectivity index (χ0v) is 15.0. The number of ketones is 1. The summed E-state index contributed by atoms with van der Waals surface area (Å²) >= 11 is 0. The molecule has 2 N–H and O–H groups in total. The molecule has 142 valence electrons. The lowest BCUT2D eigenvalue weighted by atomic mass is 9.95. The van der Waals surface area contributed by atoms with E-state index in [1.165, 1.54) is 29.2 Å². The number of phenolic OH excluding ortho intramolecular Hbond substituents is 1. The minimum Gasteiger partial charge on any atom is -0.508 e. The Hall–Kier alpha value is -3.81. The van der Waals surface area contributed by atoms with Crippen LogP contribution in [-0.4, -0.2) is 27.1 Å². The number of carbonyl (C=O) groups is 2. The van der Waals surface area contributed by atoms with Gasteiger partial charge in [0, 0.05) is 6.07 Å². The molecule has 28 heavy (non-hydrogen) atoms. The molecule has 0 radical (unpaired) electrons. The number of Topliss-reactive ketones (excluding diaryl/α,β-unsaturated/α-hetero) is 1. The van der Waals surface area contributed by atoms with Gasteiger partial charge in [-0.25, -0.2) is 0 Å². The first-order valence-electron chi connectivity index (χ1n) is 8.47. The summed E-state index contributed by atoms with van der Waals surface area (Å²) in [4.78, 5) is 27.1. The molecular formula is C20H16N2O6. The molecule has 1 unspecified atom stereocenters. The predicted octanol–water partition coefficient (Wildman–Crippen LogP) is 3.37. The van der Waals surface area contributed by atoms with E-state index in [4.69, 9.17) is 8.94 Å². The number of anilines is 1. The van der Waals surface area contributed by atoms with Gasteiger partial charge in [0.15, 0.2) is 17.3 Å². The second-order valence-corrected chi connectivity index (χ2v) is 6.47. The molecule has 3 aromatic rings. The monoisotopic (exact) mass is 380 g/mol. The Bertz CT molecular complexity index is 1110. The van der Waals surface area contributed by atoms with Gasteiger partial charge in [0.25, 0.3) is 5.91 Å². The number of benzene rings is 1. The molecule has 2 aromatic heterocycles. The van der Waals surface area contributed by atoms with Crippen LogP contribution in [0.25, 0.3) is 0 Å². The third-order valence-corrected chi connectivity index (χ3v) is 4.49. The van der Waals surface area contributed by atoms with Crippen molar-refractivity contribution >= 4 is 17.5 Å². The Morgan fingerprint density at radius 2 is 1.79 bits per heavy atom. The van der Waals surface area contributed by atoms with Crippen molar-refractivity contribution in [3.05, 3.63) is 76.6 Å². The van der Waals surface area contributed by atoms with Crippen LogP contribution >= 0.6 is 0 Å². The van der Waals surface area contributed by atoms with Crippen LogP contribution < -0.4 is 4.90 Å². The average molecular weight is 380 g/mol. The zero-order valence-electron chi connectivity index (χ0n) is 15.0. The maximum absolute atomic E-state index is 13.1. The molecule has 1 amide bonds. The molecule has 0 spiro atoms. The summed E-state index contributed by atoms with van der Waals surface area (Å²) in [5, 5.41) is 24.0. The number of hydrogen-bond donors (Lipinski definition) is 2. The first-order chi connectivity index (χ1) is 13.4. The van der Waals surface area contributed by atoms with Crippen LogP contribution in [0.15, 0.2) is 62.7 Å². The van der Waals surface area contributed by atoms with Crippen molar-refractivity contribution in [2.45, 2.75) is 19.9 Å². The van der Waals surface area contributed by atoms with E-state index < -0.39 is 23.5 Å². The number of aromatic nitrogens is 1. The number of aliphatic hydroxyl groups excluding tert-OH is 1. The Balaban J connectivity index is 1.87. The van der Waals surface area contributed by atoms with Gasteiger partial charge >= 0.3 is 0 Å². The highest BCUT2D eigenvalue weighted by Gasteiger charge is 2.46. The largest absolute Gasteiger partial charge is 0.508 e. The summed E-state index contributed by atoms with van der Waals surface area (Å²) < 4.78 is 10.5. The number of aliphatic hydroxyl groups is 1. The smallest absolute Gasteiger partial charge is 0.295 e. The number of phenols is 1. The summed E-state index contributed by atoms with van der Waals surface area (Å²) in [7, 11) is 0. The van der Waals surface area contributed by atoms with E-state index in [0.29, 0.717) is 17.1 Å². The average Bonchev–Trinajstić information content (AvgIpc) is 3.35. The van der Waals surface area contributed by atoms with E-state index in [1.54, 1.807) is 32.0 Å². The number of furan rings is 1. The SMILES string of the molecule is Cc1cc(N2C(=O)C(O)=C(C(=O)c3ccc(C)o3)C2c2ccc(O)cc2)no1. The van der Waals surface area contributed by atoms with Crippen LogP contribution in [0.3, 0.4) is 0 Å². The Labute approximate surface area is 159 Å². The number of rotatable bonds is 4. The highest BCUT2D eigenvalue weighted by molar-refractivity contribution is 6.19. The van der Waals surface area contributed by atoms with Crippen molar-refractivity contribution < 1.29 is 28.7 Å². The normalized spacial score (nSPS) is 16.9. The molecule has 0 saturated heterocycles. The van der Waals surface area contributed by atoms with E-state index >= 15 is 0 Å². The highest BCUT2D eigenvalue weighted by Crippen LogP contribution is 2.42. The quantitative estimate of drug-likeness (QED) is 0.666. The van der Waals surface area contributed by atoms with Gasteiger partial charge in [-0.15, -0.1) is 0 Å². The molecule has 0 saturated carbocycles. The fourth-order valence-corrected chi connectivity index (χ4v) is 3.20. The standard InChI is InChI=1S/C20H16N2O6/c1-10-3-8-14(27-10)18(24)16-17(12-4-6-13(23)7-5-12)22(20(26)19(16)25)15-9-11(2)28-21-15/h3-9,17,23,25H,1-2H3. The molecule has 1 aliphatic rings. The molecule has 1 atom stereocenters. The van der Waals surface area contributed by atoms with Gasteiger partial charge in [-0.05, 0) is 43.7 Å². The van der Waals surface area contributed by atoms with Gasteiger partial charge in [-0.2, -0.15) is 0 Å². The Morgan fingerprint density at radius 3 is 2.36 bits per heavy atom. The number of nitrogens with zero attached hydrogens (tertiary/aromatic N) is 2. The lowest BCUT2D eigenvalue weighted by molar-refractivity contribution is -0.117. The molecule has 1 aliphatic heterocycles. The van der Waals surface area contributed by atoms with Crippen LogP contribution in [0, 0.1) is 13.8 Å². The van der Waals surface area contributed by atoms with Gasteiger partial charge in [-0.1, -0.05) is 17.3 Å². The van der Waals surface area contributed by atoms with Gasteiger partial charge in [0.05, 0.1) is 11.6 Å². The van der Waals surface area contributed by atoms with Crippen LogP contribution in [0.5, 0.6) is 5.75 Å². The summed E-state index contributed by atoms with van der Waals surface area (Å²) in [5.41, 5.74) is 0.369. The molecule has 0 fully saturated rings. The first-order valence-corrected chi connectivity index (χ1v) is 8.47. The third kappa shape index (κ3) is 2.75.